The molecule has 208 valence electrons. The summed E-state index contributed by atoms with van der Waals surface area (Å²) in [5.41, 5.74) is 9.60. The Morgan fingerprint density at radius 2 is 1.48 bits per heavy atom. The number of benzene rings is 4. The molecule has 1 heterocycles. The van der Waals surface area contributed by atoms with Crippen LogP contribution in [0, 0.1) is 0 Å². The van der Waals surface area contributed by atoms with Crippen LogP contribution in [0.3, 0.4) is 0 Å². The summed E-state index contributed by atoms with van der Waals surface area (Å²) in [6.45, 7) is 0.391. The Balaban J connectivity index is 1.36. The fourth-order valence-electron chi connectivity index (χ4n) is 4.24. The Kier molecular flexibility index (Phi) is 8.59. The molecule has 0 aliphatic rings. The second-order valence-corrected chi connectivity index (χ2v) is 9.39. The van der Waals surface area contributed by atoms with Crippen molar-refractivity contribution in [2.45, 2.75) is 12.6 Å². The van der Waals surface area contributed by atoms with Gasteiger partial charge in [0, 0.05) is 34.8 Å². The van der Waals surface area contributed by atoms with Crippen LogP contribution in [0.5, 0.6) is 5.75 Å². The Labute approximate surface area is 242 Å². The van der Waals surface area contributed by atoms with E-state index < -0.39 is 23.8 Å². The molecule has 9 nitrogen and oxygen atoms in total. The molecule has 42 heavy (non-hydrogen) atoms. The van der Waals surface area contributed by atoms with E-state index in [4.69, 9.17) is 10.5 Å². The molecule has 0 radical (unpaired) electrons. The number of nitrogens with two attached hydrogens (primary N) is 1. The molecule has 4 aromatic carbocycles. The van der Waals surface area contributed by atoms with Gasteiger partial charge < -0.3 is 21.1 Å². The number of nitrogens with zero attached hydrogens (tertiary/aromatic N) is 2. The Morgan fingerprint density at radius 1 is 0.762 bits per heavy atom. The number of nitrogens with one attached hydrogen (secondary N) is 2. The van der Waals surface area contributed by atoms with Crippen molar-refractivity contribution in [2.75, 3.05) is 5.32 Å². The standard InChI is InChI=1S/C33H27N5O4/c34-31(39)26-7-4-8-28(17-26)37-33(41)30(24-13-15-29(16-14-24)42-20-22-5-2-1-3-6-22)38-32(40)25-11-9-23(10-12-25)27-18-35-21-36-19-27/h1-19,21,30H,20H2,(H2,34,39)(H,37,41)(H,38,40)/t30-/m0/s1. The molecule has 1 aromatic heterocycles. The van der Waals surface area contributed by atoms with Gasteiger partial charge in [-0.05, 0) is 59.2 Å². The van der Waals surface area contributed by atoms with Gasteiger partial charge in [0.1, 0.15) is 24.7 Å². The second-order valence-electron chi connectivity index (χ2n) is 9.39. The van der Waals surface area contributed by atoms with Gasteiger partial charge in [-0.2, -0.15) is 0 Å². The number of rotatable bonds is 10. The summed E-state index contributed by atoms with van der Waals surface area (Å²) in [6, 6.07) is 28.8. The van der Waals surface area contributed by atoms with Crippen molar-refractivity contribution in [1.29, 1.82) is 0 Å². The van der Waals surface area contributed by atoms with E-state index in [1.54, 1.807) is 79.1 Å². The largest absolute Gasteiger partial charge is 0.489 e. The van der Waals surface area contributed by atoms with Crippen LogP contribution in [-0.2, 0) is 11.4 Å². The monoisotopic (exact) mass is 557 g/mol. The zero-order valence-corrected chi connectivity index (χ0v) is 22.4. The Morgan fingerprint density at radius 3 is 2.17 bits per heavy atom. The van der Waals surface area contributed by atoms with Gasteiger partial charge in [0.15, 0.2) is 0 Å². The molecule has 1 atom stereocenters. The fourth-order valence-corrected chi connectivity index (χ4v) is 4.24. The number of hydrogen-bond acceptors (Lipinski definition) is 6. The van der Waals surface area contributed by atoms with Crippen molar-refractivity contribution in [2.24, 2.45) is 5.73 Å². The van der Waals surface area contributed by atoms with Crippen LogP contribution < -0.4 is 21.1 Å². The van der Waals surface area contributed by atoms with E-state index in [1.165, 1.54) is 12.4 Å². The molecule has 0 bridgehead atoms. The predicted octanol–water partition coefficient (Wildman–Crippen LogP) is 4.93. The average molecular weight is 558 g/mol. The normalized spacial score (nSPS) is 11.2. The number of aromatic nitrogens is 2. The van der Waals surface area contributed by atoms with Crippen molar-refractivity contribution in [3.05, 3.63) is 144 Å². The number of primary amides is 1. The SMILES string of the molecule is NC(=O)c1cccc(NC(=O)[C@@H](NC(=O)c2ccc(-c3cncnc3)cc2)c2ccc(OCc3ccccc3)cc2)c1. The molecule has 5 aromatic rings. The van der Waals surface area contributed by atoms with Crippen molar-refractivity contribution >= 4 is 23.4 Å². The lowest BCUT2D eigenvalue weighted by Gasteiger charge is -2.20. The molecule has 5 rings (SSSR count). The predicted molar refractivity (Wildman–Crippen MR) is 158 cm³/mol. The molecule has 0 fully saturated rings. The molecular formula is C33H27N5O4. The maximum atomic E-state index is 13.5. The van der Waals surface area contributed by atoms with E-state index in [1.807, 2.05) is 30.3 Å². The van der Waals surface area contributed by atoms with Crippen LogP contribution in [0.1, 0.15) is 37.9 Å². The minimum Gasteiger partial charge on any atom is -0.489 e. The first-order valence-corrected chi connectivity index (χ1v) is 13.1. The van der Waals surface area contributed by atoms with Crippen LogP contribution in [0.15, 0.2) is 122 Å². The van der Waals surface area contributed by atoms with Gasteiger partial charge in [-0.1, -0.05) is 60.7 Å². The van der Waals surface area contributed by atoms with E-state index in [2.05, 4.69) is 20.6 Å². The third-order valence-electron chi connectivity index (χ3n) is 6.46. The maximum Gasteiger partial charge on any atom is 0.252 e. The highest BCUT2D eigenvalue weighted by molar-refractivity contribution is 6.02. The van der Waals surface area contributed by atoms with E-state index in [0.29, 0.717) is 29.2 Å². The first kappa shape index (κ1) is 27.7. The molecule has 3 amide bonds. The maximum absolute atomic E-state index is 13.5. The first-order valence-electron chi connectivity index (χ1n) is 13.1. The highest BCUT2D eigenvalue weighted by Gasteiger charge is 2.24. The van der Waals surface area contributed by atoms with Crippen LogP contribution in [0.4, 0.5) is 5.69 Å². The zero-order chi connectivity index (χ0) is 29.3. The lowest BCUT2D eigenvalue weighted by Crippen LogP contribution is -2.37. The molecule has 0 spiro atoms. The number of anilines is 1. The van der Waals surface area contributed by atoms with Gasteiger partial charge in [0.05, 0.1) is 0 Å². The summed E-state index contributed by atoms with van der Waals surface area (Å²) < 4.78 is 5.88. The average Bonchev–Trinajstić information content (AvgIpc) is 3.04. The number of carbonyl (C=O) groups excluding carboxylic acids is 3. The molecule has 0 aliphatic heterocycles. The van der Waals surface area contributed by atoms with Gasteiger partial charge in [-0.25, -0.2) is 9.97 Å². The van der Waals surface area contributed by atoms with Crippen LogP contribution in [0.25, 0.3) is 11.1 Å². The van der Waals surface area contributed by atoms with E-state index in [0.717, 1.165) is 16.7 Å². The molecule has 9 heteroatoms. The van der Waals surface area contributed by atoms with Crippen molar-refractivity contribution in [3.63, 3.8) is 0 Å². The highest BCUT2D eigenvalue weighted by atomic mass is 16.5. The molecule has 0 saturated heterocycles. The minimum absolute atomic E-state index is 0.247. The number of ether oxygens (including phenoxy) is 1. The van der Waals surface area contributed by atoms with Crippen molar-refractivity contribution in [3.8, 4) is 16.9 Å². The van der Waals surface area contributed by atoms with Gasteiger partial charge in [-0.3, -0.25) is 14.4 Å². The number of amides is 3. The summed E-state index contributed by atoms with van der Waals surface area (Å²) in [4.78, 5) is 46.5. The van der Waals surface area contributed by atoms with Gasteiger partial charge >= 0.3 is 0 Å². The lowest BCUT2D eigenvalue weighted by molar-refractivity contribution is -0.118. The summed E-state index contributed by atoms with van der Waals surface area (Å²) in [5.74, 6) is -0.947. The van der Waals surface area contributed by atoms with Crippen molar-refractivity contribution < 1.29 is 19.1 Å². The Bertz CT molecular complexity index is 1680. The molecular weight excluding hydrogens is 530 g/mol. The minimum atomic E-state index is -1.06. The topological polar surface area (TPSA) is 136 Å². The van der Waals surface area contributed by atoms with Gasteiger partial charge in [0.2, 0.25) is 5.91 Å². The van der Waals surface area contributed by atoms with Crippen LogP contribution >= 0.6 is 0 Å². The summed E-state index contributed by atoms with van der Waals surface area (Å²) >= 11 is 0. The van der Waals surface area contributed by atoms with E-state index in [-0.39, 0.29) is 5.56 Å². The van der Waals surface area contributed by atoms with Crippen LogP contribution in [0.2, 0.25) is 0 Å². The smallest absolute Gasteiger partial charge is 0.252 e. The number of carbonyl (C=O) groups is 3. The van der Waals surface area contributed by atoms with Crippen molar-refractivity contribution in [1.82, 2.24) is 15.3 Å². The van der Waals surface area contributed by atoms with Gasteiger partial charge in [0.25, 0.3) is 11.8 Å². The third kappa shape index (κ3) is 7.02. The number of hydrogen-bond donors (Lipinski definition) is 3. The molecule has 4 N–H and O–H groups in total. The third-order valence-corrected chi connectivity index (χ3v) is 6.46. The Hall–Kier alpha value is -5.83. The second kappa shape index (κ2) is 13.0. The zero-order valence-electron chi connectivity index (χ0n) is 22.4. The molecule has 0 unspecified atom stereocenters. The highest BCUT2D eigenvalue weighted by Crippen LogP contribution is 2.23. The van der Waals surface area contributed by atoms with Gasteiger partial charge in [-0.15, -0.1) is 0 Å². The van der Waals surface area contributed by atoms with E-state index in [9.17, 15) is 14.4 Å². The lowest BCUT2D eigenvalue weighted by atomic mass is 10.0. The summed E-state index contributed by atoms with van der Waals surface area (Å²) in [7, 11) is 0. The molecule has 0 aliphatic carbocycles. The summed E-state index contributed by atoms with van der Waals surface area (Å²) in [6.07, 6.45) is 4.81. The quantitative estimate of drug-likeness (QED) is 0.223. The van der Waals surface area contributed by atoms with E-state index >= 15 is 0 Å². The summed E-state index contributed by atoms with van der Waals surface area (Å²) in [5, 5.41) is 5.61. The first-order chi connectivity index (χ1) is 20.5. The fraction of sp³-hybridized carbons (Fsp3) is 0.0606. The molecule has 0 saturated carbocycles. The van der Waals surface area contributed by atoms with Crippen LogP contribution in [-0.4, -0.2) is 27.7 Å².